The summed E-state index contributed by atoms with van der Waals surface area (Å²) in [6.07, 6.45) is 0. The van der Waals surface area contributed by atoms with Gasteiger partial charge in [0.1, 0.15) is 0 Å². The molecule has 0 fully saturated rings. The lowest BCUT2D eigenvalue weighted by Crippen LogP contribution is -2.30. The molecule has 0 saturated heterocycles. The molecular weight excluding hydrogens is 284 g/mol. The molecular formula is C16H20N2S2. The zero-order valence-corrected chi connectivity index (χ0v) is 13.7. The molecule has 20 heavy (non-hydrogen) atoms. The summed E-state index contributed by atoms with van der Waals surface area (Å²) in [4.78, 5) is 2.05. The minimum absolute atomic E-state index is 0.553. The van der Waals surface area contributed by atoms with Crippen molar-refractivity contribution in [2.24, 2.45) is 0 Å². The molecule has 0 amide bonds. The van der Waals surface area contributed by atoms with E-state index in [4.69, 9.17) is 12.2 Å². The summed E-state index contributed by atoms with van der Waals surface area (Å²) in [5.74, 6) is 0.553. The van der Waals surface area contributed by atoms with E-state index in [1.807, 2.05) is 11.9 Å². The highest BCUT2D eigenvalue weighted by molar-refractivity contribution is 7.80. The molecule has 0 bridgehead atoms. The molecule has 0 aliphatic heterocycles. The van der Waals surface area contributed by atoms with Crippen LogP contribution < -0.4 is 5.32 Å². The summed E-state index contributed by atoms with van der Waals surface area (Å²) in [5.41, 5.74) is 3.67. The second-order valence-electron chi connectivity index (χ2n) is 5.19. The molecule has 0 unspecified atom stereocenters. The molecule has 0 saturated carbocycles. The van der Waals surface area contributed by atoms with Crippen molar-refractivity contribution in [3.8, 4) is 0 Å². The SMILES string of the molecule is CC(C)c1ccc(NC(=S)N(C)Cc2ccsc2)cc1. The van der Waals surface area contributed by atoms with Crippen LogP contribution in [0.2, 0.25) is 0 Å². The maximum Gasteiger partial charge on any atom is 0.173 e. The summed E-state index contributed by atoms with van der Waals surface area (Å²) >= 11 is 7.15. The van der Waals surface area contributed by atoms with Crippen molar-refractivity contribution >= 4 is 34.4 Å². The first-order valence-corrected chi connectivity index (χ1v) is 8.04. The lowest BCUT2D eigenvalue weighted by molar-refractivity contribution is 0.509. The first-order valence-electron chi connectivity index (χ1n) is 6.69. The quantitative estimate of drug-likeness (QED) is 0.824. The molecule has 1 aromatic carbocycles. The lowest BCUT2D eigenvalue weighted by Gasteiger charge is -2.20. The molecule has 4 heteroatoms. The lowest BCUT2D eigenvalue weighted by atomic mass is 10.0. The van der Waals surface area contributed by atoms with Gasteiger partial charge in [-0.1, -0.05) is 26.0 Å². The van der Waals surface area contributed by atoms with Gasteiger partial charge < -0.3 is 10.2 Å². The van der Waals surface area contributed by atoms with E-state index in [0.29, 0.717) is 5.92 Å². The predicted octanol–water partition coefficient (Wildman–Crippen LogP) is 4.70. The van der Waals surface area contributed by atoms with Crippen LogP contribution in [0.25, 0.3) is 0 Å². The molecule has 2 rings (SSSR count). The van der Waals surface area contributed by atoms with Crippen molar-refractivity contribution in [2.45, 2.75) is 26.3 Å². The first kappa shape index (κ1) is 15.0. The molecule has 106 valence electrons. The maximum absolute atomic E-state index is 5.43. The number of hydrogen-bond acceptors (Lipinski definition) is 2. The fourth-order valence-corrected chi connectivity index (χ4v) is 2.74. The fourth-order valence-electron chi connectivity index (χ4n) is 1.90. The van der Waals surface area contributed by atoms with E-state index < -0.39 is 0 Å². The van der Waals surface area contributed by atoms with Crippen LogP contribution in [0.1, 0.15) is 30.9 Å². The van der Waals surface area contributed by atoms with E-state index >= 15 is 0 Å². The Morgan fingerprint density at radius 3 is 2.50 bits per heavy atom. The van der Waals surface area contributed by atoms with Crippen molar-refractivity contribution in [1.82, 2.24) is 4.90 Å². The number of rotatable bonds is 4. The highest BCUT2D eigenvalue weighted by Gasteiger charge is 2.06. The fraction of sp³-hybridized carbons (Fsp3) is 0.312. The Hall–Kier alpha value is -1.39. The highest BCUT2D eigenvalue weighted by Crippen LogP contribution is 2.17. The largest absolute Gasteiger partial charge is 0.348 e. The van der Waals surface area contributed by atoms with Crippen molar-refractivity contribution in [2.75, 3.05) is 12.4 Å². The van der Waals surface area contributed by atoms with Crippen LogP contribution in [0.15, 0.2) is 41.1 Å². The standard InChI is InChI=1S/C16H20N2S2/c1-12(2)14-4-6-15(7-5-14)17-16(19)18(3)10-13-8-9-20-11-13/h4-9,11-12H,10H2,1-3H3,(H,17,19). The maximum atomic E-state index is 5.43. The van der Waals surface area contributed by atoms with Gasteiger partial charge in [-0.05, 0) is 58.2 Å². The summed E-state index contributed by atoms with van der Waals surface area (Å²) in [6.45, 7) is 5.23. The average Bonchev–Trinajstić information content (AvgIpc) is 2.92. The molecule has 0 spiro atoms. The molecule has 0 aliphatic carbocycles. The smallest absolute Gasteiger partial charge is 0.173 e. The second kappa shape index (κ2) is 6.86. The van der Waals surface area contributed by atoms with Gasteiger partial charge in [-0.25, -0.2) is 0 Å². The van der Waals surface area contributed by atoms with Gasteiger partial charge in [0.05, 0.1) is 0 Å². The van der Waals surface area contributed by atoms with Gasteiger partial charge >= 0.3 is 0 Å². The summed E-state index contributed by atoms with van der Waals surface area (Å²) in [7, 11) is 2.01. The highest BCUT2D eigenvalue weighted by atomic mass is 32.1. The molecule has 1 N–H and O–H groups in total. The van der Waals surface area contributed by atoms with Crippen LogP contribution in [0.5, 0.6) is 0 Å². The van der Waals surface area contributed by atoms with Gasteiger partial charge in [0.15, 0.2) is 5.11 Å². The van der Waals surface area contributed by atoms with Crippen LogP contribution in [0.3, 0.4) is 0 Å². The molecule has 1 heterocycles. The number of nitrogens with zero attached hydrogens (tertiary/aromatic N) is 1. The van der Waals surface area contributed by atoms with Gasteiger partial charge in [0.25, 0.3) is 0 Å². The van der Waals surface area contributed by atoms with E-state index in [1.54, 1.807) is 11.3 Å². The van der Waals surface area contributed by atoms with E-state index in [1.165, 1.54) is 11.1 Å². The second-order valence-corrected chi connectivity index (χ2v) is 6.36. The molecule has 2 nitrogen and oxygen atoms in total. The number of nitrogens with one attached hydrogen (secondary N) is 1. The third kappa shape index (κ3) is 4.05. The van der Waals surface area contributed by atoms with Gasteiger partial charge in [-0.15, -0.1) is 0 Å². The predicted molar refractivity (Wildman–Crippen MR) is 92.5 cm³/mol. The number of thiophene rings is 1. The minimum atomic E-state index is 0.553. The van der Waals surface area contributed by atoms with Gasteiger partial charge in [0.2, 0.25) is 0 Å². The Labute approximate surface area is 130 Å². The van der Waals surface area contributed by atoms with Crippen LogP contribution in [-0.4, -0.2) is 17.1 Å². The topological polar surface area (TPSA) is 15.3 Å². The van der Waals surface area contributed by atoms with Crippen LogP contribution in [0, 0.1) is 0 Å². The molecule has 2 aromatic rings. The molecule has 1 aromatic heterocycles. The van der Waals surface area contributed by atoms with Gasteiger partial charge in [-0.3, -0.25) is 0 Å². The molecule has 0 radical (unpaired) electrons. The third-order valence-electron chi connectivity index (χ3n) is 3.18. The Bertz CT molecular complexity index is 544. The number of thiocarbonyl (C=S) groups is 1. The summed E-state index contributed by atoms with van der Waals surface area (Å²) in [6, 6.07) is 10.6. The van der Waals surface area contributed by atoms with Crippen molar-refractivity contribution in [3.05, 3.63) is 52.2 Å². The Kier molecular flexibility index (Phi) is 5.15. The normalized spacial score (nSPS) is 10.6. The van der Waals surface area contributed by atoms with E-state index in [0.717, 1.165) is 17.3 Å². The van der Waals surface area contributed by atoms with Crippen molar-refractivity contribution in [3.63, 3.8) is 0 Å². The minimum Gasteiger partial charge on any atom is -0.348 e. The average molecular weight is 304 g/mol. The zero-order valence-electron chi connectivity index (χ0n) is 12.1. The summed E-state index contributed by atoms with van der Waals surface area (Å²) < 4.78 is 0. The van der Waals surface area contributed by atoms with Gasteiger partial charge in [-0.2, -0.15) is 11.3 Å². The van der Waals surface area contributed by atoms with Crippen LogP contribution in [0.4, 0.5) is 5.69 Å². The number of hydrogen-bond donors (Lipinski definition) is 1. The van der Waals surface area contributed by atoms with E-state index in [2.05, 4.69) is 60.3 Å². The van der Waals surface area contributed by atoms with Gasteiger partial charge in [0, 0.05) is 19.3 Å². The van der Waals surface area contributed by atoms with Crippen molar-refractivity contribution < 1.29 is 0 Å². The Morgan fingerprint density at radius 2 is 1.95 bits per heavy atom. The van der Waals surface area contributed by atoms with Crippen LogP contribution in [-0.2, 0) is 6.54 Å². The number of benzene rings is 1. The molecule has 0 atom stereocenters. The Morgan fingerprint density at radius 1 is 1.25 bits per heavy atom. The Balaban J connectivity index is 1.93. The van der Waals surface area contributed by atoms with E-state index in [-0.39, 0.29) is 0 Å². The summed E-state index contributed by atoms with van der Waals surface area (Å²) in [5, 5.41) is 8.26. The third-order valence-corrected chi connectivity index (χ3v) is 4.32. The molecule has 0 aliphatic rings. The monoisotopic (exact) mass is 304 g/mol. The number of anilines is 1. The first-order chi connectivity index (χ1) is 9.56. The van der Waals surface area contributed by atoms with Crippen LogP contribution >= 0.6 is 23.6 Å². The zero-order chi connectivity index (χ0) is 14.5. The van der Waals surface area contributed by atoms with Crippen molar-refractivity contribution in [1.29, 1.82) is 0 Å². The van der Waals surface area contributed by atoms with E-state index in [9.17, 15) is 0 Å².